The summed E-state index contributed by atoms with van der Waals surface area (Å²) in [6.45, 7) is 0. The highest BCUT2D eigenvalue weighted by Crippen LogP contribution is 2.29. The van der Waals surface area contributed by atoms with E-state index in [1.165, 1.54) is 16.7 Å². The quantitative estimate of drug-likeness (QED) is 0.350. The number of benzene rings is 3. The summed E-state index contributed by atoms with van der Waals surface area (Å²) in [5.74, 6) is 0.397. The number of halogens is 1. The topological polar surface area (TPSA) is 60.9 Å². The van der Waals surface area contributed by atoms with Gasteiger partial charge in [0.1, 0.15) is 5.82 Å². The first-order valence-corrected chi connectivity index (χ1v) is 10.8. The predicted molar refractivity (Wildman–Crippen MR) is 120 cm³/mol. The third kappa shape index (κ3) is 3.53. The van der Waals surface area contributed by atoms with Gasteiger partial charge in [0, 0.05) is 33.1 Å². The second-order valence-corrected chi connectivity index (χ2v) is 7.77. The van der Waals surface area contributed by atoms with Gasteiger partial charge in [0.05, 0.1) is 5.56 Å². The van der Waals surface area contributed by atoms with Gasteiger partial charge >= 0.3 is 0 Å². The van der Waals surface area contributed by atoms with E-state index >= 15 is 0 Å². The smallest absolute Gasteiger partial charge is 0.262 e. The molecule has 31 heavy (non-hydrogen) atoms. The van der Waals surface area contributed by atoms with E-state index in [-0.39, 0.29) is 11.4 Å². The van der Waals surface area contributed by atoms with Gasteiger partial charge in [0.15, 0.2) is 0 Å². The van der Waals surface area contributed by atoms with Crippen LogP contribution in [0.15, 0.2) is 93.2 Å². The van der Waals surface area contributed by atoms with Crippen LogP contribution in [0.25, 0.3) is 39.3 Å². The SMILES string of the molecule is CSc1ccc(-c2noc(-c3cn(-c4ccc(F)cc4)c(=O)c4ccccc34)n2)cc1. The van der Waals surface area contributed by atoms with E-state index in [2.05, 4.69) is 10.1 Å². The number of hydrogen-bond donors (Lipinski definition) is 0. The van der Waals surface area contributed by atoms with Crippen LogP contribution in [0.1, 0.15) is 0 Å². The lowest BCUT2D eigenvalue weighted by Crippen LogP contribution is -2.18. The number of nitrogens with zero attached hydrogens (tertiary/aromatic N) is 3. The van der Waals surface area contributed by atoms with Crippen molar-refractivity contribution in [3.63, 3.8) is 0 Å². The van der Waals surface area contributed by atoms with E-state index < -0.39 is 0 Å². The summed E-state index contributed by atoms with van der Waals surface area (Å²) in [6, 6.07) is 20.9. The average Bonchev–Trinajstić information content (AvgIpc) is 3.30. The molecule has 0 aliphatic rings. The van der Waals surface area contributed by atoms with Gasteiger partial charge in [-0.1, -0.05) is 23.4 Å². The van der Waals surface area contributed by atoms with Gasteiger partial charge in [0.2, 0.25) is 5.82 Å². The number of aromatic nitrogens is 3. The Bertz CT molecular complexity index is 1440. The molecule has 7 heteroatoms. The average molecular weight is 429 g/mol. The van der Waals surface area contributed by atoms with Crippen LogP contribution in [0.5, 0.6) is 0 Å². The zero-order valence-electron chi connectivity index (χ0n) is 16.4. The Labute approximate surface area is 181 Å². The Hall–Kier alpha value is -3.71. The van der Waals surface area contributed by atoms with Crippen LogP contribution >= 0.6 is 11.8 Å². The Morgan fingerprint density at radius 2 is 1.65 bits per heavy atom. The van der Waals surface area contributed by atoms with Crippen molar-refractivity contribution in [2.24, 2.45) is 0 Å². The van der Waals surface area contributed by atoms with Crippen molar-refractivity contribution in [1.82, 2.24) is 14.7 Å². The minimum atomic E-state index is -0.369. The van der Waals surface area contributed by atoms with Crippen LogP contribution < -0.4 is 5.56 Å². The molecule has 0 spiro atoms. The van der Waals surface area contributed by atoms with Crippen LogP contribution in [0, 0.1) is 5.82 Å². The third-order valence-corrected chi connectivity index (χ3v) is 5.78. The van der Waals surface area contributed by atoms with E-state index in [9.17, 15) is 9.18 Å². The van der Waals surface area contributed by atoms with Gasteiger partial charge in [-0.05, 0) is 60.9 Å². The largest absolute Gasteiger partial charge is 0.334 e. The summed E-state index contributed by atoms with van der Waals surface area (Å²) in [4.78, 5) is 18.8. The van der Waals surface area contributed by atoms with Crippen LogP contribution in [0.4, 0.5) is 4.39 Å². The van der Waals surface area contributed by atoms with E-state index in [4.69, 9.17) is 4.52 Å². The fourth-order valence-corrected chi connectivity index (χ4v) is 3.85. The van der Waals surface area contributed by atoms with Crippen molar-refractivity contribution in [2.45, 2.75) is 4.90 Å². The predicted octanol–water partition coefficient (Wildman–Crippen LogP) is 5.57. The monoisotopic (exact) mass is 429 g/mol. The lowest BCUT2D eigenvalue weighted by Gasteiger charge is -2.10. The molecule has 5 rings (SSSR count). The Morgan fingerprint density at radius 1 is 0.935 bits per heavy atom. The second kappa shape index (κ2) is 7.85. The molecule has 2 aromatic heterocycles. The molecular weight excluding hydrogens is 413 g/mol. The van der Waals surface area contributed by atoms with Crippen molar-refractivity contribution in [3.8, 4) is 28.5 Å². The molecule has 0 bridgehead atoms. The molecule has 0 atom stereocenters. The molecule has 5 nitrogen and oxygen atoms in total. The standard InChI is InChI=1S/C24H16FN3O2S/c1-31-18-12-6-15(7-13-18)22-26-23(30-27-22)21-14-28(17-10-8-16(25)9-11-17)24(29)20-5-3-2-4-19(20)21/h2-14H,1H3. The molecule has 0 saturated heterocycles. The summed E-state index contributed by atoms with van der Waals surface area (Å²) in [6.07, 6.45) is 3.68. The highest BCUT2D eigenvalue weighted by molar-refractivity contribution is 7.98. The number of fused-ring (bicyclic) bond motifs is 1. The van der Waals surface area contributed by atoms with Gasteiger partial charge < -0.3 is 4.52 Å². The third-order valence-electron chi connectivity index (χ3n) is 5.03. The molecule has 0 N–H and O–H groups in total. The van der Waals surface area contributed by atoms with Gasteiger partial charge in [-0.2, -0.15) is 4.98 Å². The molecule has 0 saturated carbocycles. The maximum Gasteiger partial charge on any atom is 0.262 e. The number of hydrogen-bond acceptors (Lipinski definition) is 5. The Morgan fingerprint density at radius 3 is 2.35 bits per heavy atom. The van der Waals surface area contributed by atoms with Crippen molar-refractivity contribution >= 4 is 22.5 Å². The van der Waals surface area contributed by atoms with Gasteiger partial charge in [0.25, 0.3) is 11.4 Å². The molecule has 0 radical (unpaired) electrons. The van der Waals surface area contributed by atoms with E-state index in [0.717, 1.165) is 10.5 Å². The Balaban J connectivity index is 1.68. The van der Waals surface area contributed by atoms with Crippen LogP contribution in [0.2, 0.25) is 0 Å². The fraction of sp³-hybridized carbons (Fsp3) is 0.0417. The molecule has 0 unspecified atom stereocenters. The highest BCUT2D eigenvalue weighted by atomic mass is 32.2. The Kier molecular flexibility index (Phi) is 4.88. The number of thioether (sulfide) groups is 1. The van der Waals surface area contributed by atoms with Crippen molar-refractivity contribution < 1.29 is 8.91 Å². The molecule has 0 fully saturated rings. The molecule has 152 valence electrons. The maximum atomic E-state index is 13.4. The zero-order valence-corrected chi connectivity index (χ0v) is 17.3. The number of pyridine rings is 1. The van der Waals surface area contributed by atoms with E-state index in [0.29, 0.717) is 33.7 Å². The summed E-state index contributed by atoms with van der Waals surface area (Å²) in [5.41, 5.74) is 1.80. The molecule has 2 heterocycles. The summed E-state index contributed by atoms with van der Waals surface area (Å²) >= 11 is 1.66. The van der Waals surface area contributed by atoms with Gasteiger partial charge in [-0.15, -0.1) is 11.8 Å². The van der Waals surface area contributed by atoms with Gasteiger partial charge in [-0.25, -0.2) is 4.39 Å². The van der Waals surface area contributed by atoms with Crippen LogP contribution in [-0.4, -0.2) is 21.0 Å². The normalized spacial score (nSPS) is 11.2. The molecule has 5 aromatic rings. The molecule has 0 amide bonds. The first-order valence-electron chi connectivity index (χ1n) is 9.53. The summed E-state index contributed by atoms with van der Waals surface area (Å²) < 4.78 is 20.4. The van der Waals surface area contributed by atoms with Crippen molar-refractivity contribution in [1.29, 1.82) is 0 Å². The minimum Gasteiger partial charge on any atom is -0.334 e. The van der Waals surface area contributed by atoms with Crippen molar-refractivity contribution in [2.75, 3.05) is 6.26 Å². The zero-order chi connectivity index (χ0) is 21.4. The van der Waals surface area contributed by atoms with Gasteiger partial charge in [-0.3, -0.25) is 9.36 Å². The van der Waals surface area contributed by atoms with E-state index in [1.807, 2.05) is 42.7 Å². The van der Waals surface area contributed by atoms with Crippen LogP contribution in [-0.2, 0) is 0 Å². The highest BCUT2D eigenvalue weighted by Gasteiger charge is 2.17. The van der Waals surface area contributed by atoms with Crippen molar-refractivity contribution in [3.05, 3.63) is 95.2 Å². The van der Waals surface area contributed by atoms with Crippen LogP contribution in [0.3, 0.4) is 0 Å². The van der Waals surface area contributed by atoms with E-state index in [1.54, 1.807) is 42.2 Å². The first-order chi connectivity index (χ1) is 15.1. The minimum absolute atomic E-state index is 0.210. The molecular formula is C24H16FN3O2S. The first kappa shape index (κ1) is 19.3. The summed E-state index contributed by atoms with van der Waals surface area (Å²) in [5, 5.41) is 5.35. The maximum absolute atomic E-state index is 13.4. The second-order valence-electron chi connectivity index (χ2n) is 6.89. The number of rotatable bonds is 4. The molecule has 0 aliphatic carbocycles. The molecule has 0 aliphatic heterocycles. The lowest BCUT2D eigenvalue weighted by molar-refractivity contribution is 0.432. The lowest BCUT2D eigenvalue weighted by atomic mass is 10.1. The molecule has 3 aromatic carbocycles. The summed E-state index contributed by atoms with van der Waals surface area (Å²) in [7, 11) is 0. The fourth-order valence-electron chi connectivity index (χ4n) is 3.45.